The van der Waals surface area contributed by atoms with Crippen molar-refractivity contribution in [1.82, 2.24) is 0 Å². The van der Waals surface area contributed by atoms with E-state index in [-0.39, 0.29) is 0 Å². The summed E-state index contributed by atoms with van der Waals surface area (Å²) in [7, 11) is 1.31. The Hall–Kier alpha value is -0.830. The first-order valence-electron chi connectivity index (χ1n) is 6.50. The molecule has 0 amide bonds. The van der Waals surface area contributed by atoms with Gasteiger partial charge in [-0.25, -0.2) is 4.79 Å². The molecule has 0 aromatic carbocycles. The van der Waals surface area contributed by atoms with E-state index >= 15 is 0 Å². The Morgan fingerprint density at radius 1 is 1.06 bits per heavy atom. The maximum absolute atomic E-state index is 9.84. The number of ether oxygens (including phenoxy) is 2. The zero-order valence-electron chi connectivity index (χ0n) is 11.7. The lowest BCUT2D eigenvalue weighted by molar-refractivity contribution is -0.134. The standard InChI is InChI=1S/C10H22O.C4H6O2/c1-3-5-7-9-11-10-8-6-4-2;1-3-4(5)6-2/h3-10H2,1-2H3;3H,1H2,2H3. The molecule has 0 rings (SSSR count). The van der Waals surface area contributed by atoms with Crippen LogP contribution in [-0.4, -0.2) is 26.3 Å². The Morgan fingerprint density at radius 3 is 1.76 bits per heavy atom. The van der Waals surface area contributed by atoms with Crippen LogP contribution in [-0.2, 0) is 14.3 Å². The van der Waals surface area contributed by atoms with Gasteiger partial charge in [-0.15, -0.1) is 0 Å². The van der Waals surface area contributed by atoms with Crippen LogP contribution >= 0.6 is 0 Å². The number of hydrogen-bond donors (Lipinski definition) is 0. The van der Waals surface area contributed by atoms with Gasteiger partial charge in [0.15, 0.2) is 0 Å². The SMILES string of the molecule is C=CC(=O)OC.CCCCCOCCCCC. The molecule has 0 saturated carbocycles. The number of rotatable bonds is 9. The Labute approximate surface area is 106 Å². The highest BCUT2D eigenvalue weighted by atomic mass is 16.5. The smallest absolute Gasteiger partial charge is 0.329 e. The quantitative estimate of drug-likeness (QED) is 0.352. The molecule has 0 aliphatic heterocycles. The highest BCUT2D eigenvalue weighted by Crippen LogP contribution is 1.97. The molecule has 0 saturated heterocycles. The summed E-state index contributed by atoms with van der Waals surface area (Å²) in [5.41, 5.74) is 0. The van der Waals surface area contributed by atoms with Gasteiger partial charge in [-0.3, -0.25) is 0 Å². The third kappa shape index (κ3) is 21.1. The lowest BCUT2D eigenvalue weighted by Gasteiger charge is -2.01. The number of esters is 1. The van der Waals surface area contributed by atoms with Gasteiger partial charge in [-0.05, 0) is 12.8 Å². The fourth-order valence-corrected chi connectivity index (χ4v) is 1.09. The monoisotopic (exact) mass is 244 g/mol. The van der Waals surface area contributed by atoms with Crippen molar-refractivity contribution in [2.45, 2.75) is 52.4 Å². The van der Waals surface area contributed by atoms with Crippen LogP contribution in [0.3, 0.4) is 0 Å². The summed E-state index contributed by atoms with van der Waals surface area (Å²) in [6.07, 6.45) is 8.80. The molecule has 0 fully saturated rings. The summed E-state index contributed by atoms with van der Waals surface area (Å²) in [5, 5.41) is 0. The van der Waals surface area contributed by atoms with Crippen molar-refractivity contribution >= 4 is 5.97 Å². The first-order chi connectivity index (χ1) is 8.22. The second-order valence-electron chi connectivity index (χ2n) is 3.75. The molecule has 0 radical (unpaired) electrons. The van der Waals surface area contributed by atoms with Crippen molar-refractivity contribution < 1.29 is 14.3 Å². The molecule has 0 bridgehead atoms. The van der Waals surface area contributed by atoms with Gasteiger partial charge >= 0.3 is 5.97 Å². The van der Waals surface area contributed by atoms with Crippen molar-refractivity contribution in [2.24, 2.45) is 0 Å². The highest BCUT2D eigenvalue weighted by molar-refractivity contribution is 5.80. The molecular formula is C14H28O3. The van der Waals surface area contributed by atoms with Crippen molar-refractivity contribution in [3.8, 4) is 0 Å². The Bertz CT molecular complexity index is 159. The second-order valence-corrected chi connectivity index (χ2v) is 3.75. The molecule has 0 aliphatic rings. The molecule has 0 aliphatic carbocycles. The van der Waals surface area contributed by atoms with Crippen LogP contribution in [0.2, 0.25) is 0 Å². The van der Waals surface area contributed by atoms with E-state index in [1.165, 1.54) is 45.6 Å². The summed E-state index contributed by atoms with van der Waals surface area (Å²) in [5.74, 6) is -0.394. The Kier molecular flexibility index (Phi) is 19.1. The summed E-state index contributed by atoms with van der Waals surface area (Å²) >= 11 is 0. The van der Waals surface area contributed by atoms with Crippen molar-refractivity contribution in [3.63, 3.8) is 0 Å². The maximum Gasteiger partial charge on any atom is 0.329 e. The second kappa shape index (κ2) is 17.6. The summed E-state index contributed by atoms with van der Waals surface area (Å²) in [6, 6.07) is 0. The van der Waals surface area contributed by atoms with E-state index in [0.29, 0.717) is 0 Å². The third-order valence-corrected chi connectivity index (χ3v) is 2.15. The third-order valence-electron chi connectivity index (χ3n) is 2.15. The van der Waals surface area contributed by atoms with Crippen LogP contribution in [0.25, 0.3) is 0 Å². The van der Waals surface area contributed by atoms with Crippen molar-refractivity contribution in [3.05, 3.63) is 12.7 Å². The lowest BCUT2D eigenvalue weighted by atomic mass is 10.2. The minimum Gasteiger partial charge on any atom is -0.466 e. The van der Waals surface area contributed by atoms with Gasteiger partial charge in [0.1, 0.15) is 0 Å². The number of hydrogen-bond acceptors (Lipinski definition) is 3. The van der Waals surface area contributed by atoms with E-state index in [0.717, 1.165) is 19.3 Å². The van der Waals surface area contributed by atoms with Crippen LogP contribution in [0.15, 0.2) is 12.7 Å². The van der Waals surface area contributed by atoms with E-state index in [9.17, 15) is 4.79 Å². The zero-order valence-corrected chi connectivity index (χ0v) is 11.7. The van der Waals surface area contributed by atoms with Crippen LogP contribution in [0.5, 0.6) is 0 Å². The Balaban J connectivity index is 0. The van der Waals surface area contributed by atoms with E-state index in [1.54, 1.807) is 0 Å². The average molecular weight is 244 g/mol. The summed E-state index contributed by atoms with van der Waals surface area (Å²) in [4.78, 5) is 9.84. The summed E-state index contributed by atoms with van der Waals surface area (Å²) < 4.78 is 9.58. The van der Waals surface area contributed by atoms with Gasteiger partial charge in [-0.2, -0.15) is 0 Å². The van der Waals surface area contributed by atoms with Crippen LogP contribution in [0, 0.1) is 0 Å². The maximum atomic E-state index is 9.84. The van der Waals surface area contributed by atoms with E-state index < -0.39 is 5.97 Å². The number of carbonyl (C=O) groups excluding carboxylic acids is 1. The van der Waals surface area contributed by atoms with Gasteiger partial charge in [0.25, 0.3) is 0 Å². The average Bonchev–Trinajstić information content (AvgIpc) is 2.37. The van der Waals surface area contributed by atoms with Crippen LogP contribution in [0.4, 0.5) is 0 Å². The van der Waals surface area contributed by atoms with Gasteiger partial charge in [0.2, 0.25) is 0 Å². The molecule has 102 valence electrons. The Morgan fingerprint density at radius 2 is 1.53 bits per heavy atom. The topological polar surface area (TPSA) is 35.5 Å². The van der Waals surface area contributed by atoms with Gasteiger partial charge in [-0.1, -0.05) is 46.1 Å². The van der Waals surface area contributed by atoms with E-state index in [1.807, 2.05) is 0 Å². The van der Waals surface area contributed by atoms with Gasteiger partial charge < -0.3 is 9.47 Å². The fourth-order valence-electron chi connectivity index (χ4n) is 1.09. The first-order valence-corrected chi connectivity index (χ1v) is 6.50. The molecule has 0 unspecified atom stereocenters. The molecule has 0 atom stereocenters. The normalized spacial score (nSPS) is 9.12. The molecule has 0 aromatic rings. The highest BCUT2D eigenvalue weighted by Gasteiger charge is 1.88. The van der Waals surface area contributed by atoms with E-state index in [2.05, 4.69) is 25.2 Å². The molecular weight excluding hydrogens is 216 g/mol. The van der Waals surface area contributed by atoms with Crippen molar-refractivity contribution in [1.29, 1.82) is 0 Å². The largest absolute Gasteiger partial charge is 0.466 e. The summed E-state index contributed by atoms with van der Waals surface area (Å²) in [6.45, 7) is 9.54. The minimum absolute atomic E-state index is 0.394. The predicted molar refractivity (Wildman–Crippen MR) is 72.1 cm³/mol. The molecule has 0 N–H and O–H groups in total. The molecule has 0 spiro atoms. The molecule has 0 heterocycles. The van der Waals surface area contributed by atoms with Gasteiger partial charge in [0, 0.05) is 19.3 Å². The zero-order chi connectivity index (χ0) is 13.4. The molecule has 0 aromatic heterocycles. The predicted octanol–water partition coefficient (Wildman–Crippen LogP) is 3.73. The van der Waals surface area contributed by atoms with Crippen LogP contribution < -0.4 is 0 Å². The first kappa shape index (κ1) is 18.5. The van der Waals surface area contributed by atoms with E-state index in [4.69, 9.17) is 4.74 Å². The minimum atomic E-state index is -0.394. The number of unbranched alkanes of at least 4 members (excludes halogenated alkanes) is 4. The molecule has 17 heavy (non-hydrogen) atoms. The van der Waals surface area contributed by atoms with Crippen LogP contribution in [0.1, 0.15) is 52.4 Å². The molecule has 3 heteroatoms. The molecule has 3 nitrogen and oxygen atoms in total. The number of carbonyl (C=O) groups is 1. The number of methoxy groups -OCH3 is 1. The van der Waals surface area contributed by atoms with Crippen molar-refractivity contribution in [2.75, 3.05) is 20.3 Å². The fraction of sp³-hybridized carbons (Fsp3) is 0.786. The van der Waals surface area contributed by atoms with Gasteiger partial charge in [0.05, 0.1) is 7.11 Å². The lowest BCUT2D eigenvalue weighted by Crippen LogP contribution is -1.96.